The Labute approximate surface area is 141 Å². The molecule has 0 aliphatic carbocycles. The van der Waals surface area contributed by atoms with Crippen molar-refractivity contribution in [3.05, 3.63) is 66.2 Å². The van der Waals surface area contributed by atoms with Crippen LogP contribution in [0.25, 0.3) is 11.1 Å². The fourth-order valence-electron chi connectivity index (χ4n) is 2.55. The quantitative estimate of drug-likeness (QED) is 0.757. The Bertz CT molecular complexity index is 782. The molecule has 24 heavy (non-hydrogen) atoms. The summed E-state index contributed by atoms with van der Waals surface area (Å²) in [4.78, 5) is 4.22. The molecule has 5 nitrogen and oxygen atoms in total. The van der Waals surface area contributed by atoms with E-state index in [0.29, 0.717) is 12.4 Å². The van der Waals surface area contributed by atoms with Gasteiger partial charge in [-0.15, -0.1) is 0 Å². The minimum atomic E-state index is -0.640. The van der Waals surface area contributed by atoms with Gasteiger partial charge in [0, 0.05) is 0 Å². The first kappa shape index (κ1) is 16.2. The van der Waals surface area contributed by atoms with E-state index < -0.39 is 6.10 Å². The molecule has 0 fully saturated rings. The minimum Gasteiger partial charge on any atom is -0.491 e. The zero-order chi connectivity index (χ0) is 16.9. The normalized spacial score (nSPS) is 12.1. The van der Waals surface area contributed by atoms with Gasteiger partial charge in [-0.05, 0) is 37.1 Å². The lowest BCUT2D eigenvalue weighted by Crippen LogP contribution is -2.24. The van der Waals surface area contributed by atoms with Crippen LogP contribution >= 0.6 is 0 Å². The van der Waals surface area contributed by atoms with Gasteiger partial charge >= 0.3 is 0 Å². The summed E-state index contributed by atoms with van der Waals surface area (Å²) in [6, 6.07) is 18.0. The zero-order valence-corrected chi connectivity index (χ0v) is 13.9. The van der Waals surface area contributed by atoms with Crippen LogP contribution in [0, 0.1) is 13.8 Å². The number of aliphatic hydroxyl groups excluding tert-OH is 1. The molecule has 0 amide bonds. The van der Waals surface area contributed by atoms with E-state index in [1.165, 1.54) is 5.56 Å². The summed E-state index contributed by atoms with van der Waals surface area (Å²) < 4.78 is 7.36. The van der Waals surface area contributed by atoms with E-state index >= 15 is 0 Å². The Morgan fingerprint density at radius 3 is 2.29 bits per heavy atom. The molecule has 0 bridgehead atoms. The molecule has 0 aliphatic rings. The third kappa shape index (κ3) is 4.00. The van der Waals surface area contributed by atoms with Crippen LogP contribution in [0.1, 0.15) is 11.6 Å². The van der Waals surface area contributed by atoms with Gasteiger partial charge in [0.25, 0.3) is 0 Å². The van der Waals surface area contributed by atoms with Crippen LogP contribution in [0.3, 0.4) is 0 Å². The van der Waals surface area contributed by atoms with Crippen molar-refractivity contribution in [1.82, 2.24) is 14.8 Å². The highest BCUT2D eigenvalue weighted by Gasteiger charge is 2.10. The van der Waals surface area contributed by atoms with Crippen LogP contribution in [0.15, 0.2) is 54.6 Å². The van der Waals surface area contributed by atoms with E-state index in [1.54, 1.807) is 4.68 Å². The summed E-state index contributed by atoms with van der Waals surface area (Å²) in [6.45, 7) is 4.29. The second kappa shape index (κ2) is 7.27. The molecule has 2 aromatic carbocycles. The maximum absolute atomic E-state index is 10.1. The number of nitrogens with zero attached hydrogens (tertiary/aromatic N) is 3. The molecule has 124 valence electrons. The van der Waals surface area contributed by atoms with Crippen molar-refractivity contribution in [2.45, 2.75) is 26.5 Å². The van der Waals surface area contributed by atoms with Gasteiger partial charge in [0.15, 0.2) is 0 Å². The fourth-order valence-corrected chi connectivity index (χ4v) is 2.55. The van der Waals surface area contributed by atoms with Gasteiger partial charge in [0.05, 0.1) is 6.54 Å². The van der Waals surface area contributed by atoms with E-state index in [1.807, 2.05) is 56.3 Å². The Kier molecular flexibility index (Phi) is 4.91. The molecule has 1 unspecified atom stereocenters. The number of aryl methyl sites for hydroxylation is 2. The van der Waals surface area contributed by atoms with Crippen LogP contribution < -0.4 is 4.74 Å². The number of ether oxygens (including phenoxy) is 1. The third-order valence-electron chi connectivity index (χ3n) is 3.75. The first-order chi connectivity index (χ1) is 11.6. The number of aliphatic hydroxyl groups is 1. The summed E-state index contributed by atoms with van der Waals surface area (Å²) in [6.07, 6.45) is -0.640. The van der Waals surface area contributed by atoms with Crippen molar-refractivity contribution >= 4 is 0 Å². The average Bonchev–Trinajstić information content (AvgIpc) is 2.91. The number of hydrogen-bond donors (Lipinski definition) is 1. The van der Waals surface area contributed by atoms with Crippen molar-refractivity contribution in [2.75, 3.05) is 6.61 Å². The highest BCUT2D eigenvalue weighted by Crippen LogP contribution is 2.22. The van der Waals surface area contributed by atoms with Crippen molar-refractivity contribution in [3.63, 3.8) is 0 Å². The number of benzene rings is 2. The summed E-state index contributed by atoms with van der Waals surface area (Å²) in [5, 5.41) is 14.4. The first-order valence-corrected chi connectivity index (χ1v) is 7.96. The van der Waals surface area contributed by atoms with Gasteiger partial charge < -0.3 is 9.84 Å². The van der Waals surface area contributed by atoms with Crippen molar-refractivity contribution in [1.29, 1.82) is 0 Å². The van der Waals surface area contributed by atoms with Gasteiger partial charge in [-0.1, -0.05) is 42.5 Å². The SMILES string of the molecule is Cc1nc(C)n(CC(O)COc2ccc(-c3ccccc3)cc2)n1. The molecular formula is C19H21N3O2. The van der Waals surface area contributed by atoms with Crippen LogP contribution in [-0.2, 0) is 6.54 Å². The summed E-state index contributed by atoms with van der Waals surface area (Å²) in [5.74, 6) is 2.23. The highest BCUT2D eigenvalue weighted by atomic mass is 16.5. The Morgan fingerprint density at radius 2 is 1.67 bits per heavy atom. The molecule has 1 atom stereocenters. The Morgan fingerprint density at radius 1 is 1.00 bits per heavy atom. The summed E-state index contributed by atoms with van der Waals surface area (Å²) >= 11 is 0. The van der Waals surface area contributed by atoms with E-state index in [4.69, 9.17) is 4.74 Å². The van der Waals surface area contributed by atoms with E-state index in [0.717, 1.165) is 17.1 Å². The predicted molar refractivity (Wildman–Crippen MR) is 92.9 cm³/mol. The molecular weight excluding hydrogens is 302 g/mol. The fraction of sp³-hybridized carbons (Fsp3) is 0.263. The maximum Gasteiger partial charge on any atom is 0.147 e. The largest absolute Gasteiger partial charge is 0.491 e. The second-order valence-electron chi connectivity index (χ2n) is 5.74. The van der Waals surface area contributed by atoms with Gasteiger partial charge in [-0.25, -0.2) is 9.67 Å². The molecule has 0 radical (unpaired) electrons. The van der Waals surface area contributed by atoms with Crippen molar-refractivity contribution in [3.8, 4) is 16.9 Å². The van der Waals surface area contributed by atoms with Gasteiger partial charge in [-0.2, -0.15) is 5.10 Å². The standard InChI is InChI=1S/C19H21N3O2/c1-14-20-15(2)22(21-14)12-18(23)13-24-19-10-8-17(9-11-19)16-6-4-3-5-7-16/h3-11,18,23H,12-13H2,1-2H3. The first-order valence-electron chi connectivity index (χ1n) is 7.96. The third-order valence-corrected chi connectivity index (χ3v) is 3.75. The molecule has 0 saturated carbocycles. The summed E-state index contributed by atoms with van der Waals surface area (Å²) in [7, 11) is 0. The number of aromatic nitrogens is 3. The molecule has 0 aliphatic heterocycles. The van der Waals surface area contributed by atoms with Gasteiger partial charge in [-0.3, -0.25) is 0 Å². The lowest BCUT2D eigenvalue weighted by molar-refractivity contribution is 0.0886. The lowest BCUT2D eigenvalue weighted by Gasteiger charge is -2.13. The minimum absolute atomic E-state index is 0.211. The van der Waals surface area contributed by atoms with Crippen LogP contribution in [0.4, 0.5) is 0 Å². The second-order valence-corrected chi connectivity index (χ2v) is 5.74. The highest BCUT2D eigenvalue weighted by molar-refractivity contribution is 5.63. The van der Waals surface area contributed by atoms with Gasteiger partial charge in [0.1, 0.15) is 30.1 Å². The lowest BCUT2D eigenvalue weighted by atomic mass is 10.1. The zero-order valence-electron chi connectivity index (χ0n) is 13.9. The number of hydrogen-bond acceptors (Lipinski definition) is 4. The predicted octanol–water partition coefficient (Wildman–Crippen LogP) is 3.00. The molecule has 0 spiro atoms. The number of rotatable bonds is 6. The topological polar surface area (TPSA) is 60.2 Å². The van der Waals surface area contributed by atoms with Crippen LogP contribution in [0.5, 0.6) is 5.75 Å². The molecule has 1 N–H and O–H groups in total. The van der Waals surface area contributed by atoms with E-state index in [9.17, 15) is 5.11 Å². The molecule has 3 aromatic rings. The van der Waals surface area contributed by atoms with Crippen LogP contribution in [-0.4, -0.2) is 32.6 Å². The van der Waals surface area contributed by atoms with Crippen molar-refractivity contribution in [2.24, 2.45) is 0 Å². The average molecular weight is 323 g/mol. The molecule has 0 saturated heterocycles. The monoisotopic (exact) mass is 323 g/mol. The van der Waals surface area contributed by atoms with Crippen molar-refractivity contribution < 1.29 is 9.84 Å². The molecule has 1 aromatic heterocycles. The van der Waals surface area contributed by atoms with Gasteiger partial charge in [0.2, 0.25) is 0 Å². The van der Waals surface area contributed by atoms with E-state index in [-0.39, 0.29) is 6.61 Å². The maximum atomic E-state index is 10.1. The molecule has 5 heteroatoms. The Hall–Kier alpha value is -2.66. The smallest absolute Gasteiger partial charge is 0.147 e. The molecule has 3 rings (SSSR count). The Balaban J connectivity index is 1.55. The molecule has 1 heterocycles. The summed E-state index contributed by atoms with van der Waals surface area (Å²) in [5.41, 5.74) is 2.30. The van der Waals surface area contributed by atoms with Crippen LogP contribution in [0.2, 0.25) is 0 Å². The van der Waals surface area contributed by atoms with E-state index in [2.05, 4.69) is 22.2 Å².